The lowest BCUT2D eigenvalue weighted by molar-refractivity contribution is -0.00171. The number of fused-ring (bicyclic) bond motifs is 1. The van der Waals surface area contributed by atoms with Gasteiger partial charge in [-0.1, -0.05) is 35.5 Å². The molecule has 26 heavy (non-hydrogen) atoms. The minimum Gasteiger partial charge on any atom is -0.497 e. The summed E-state index contributed by atoms with van der Waals surface area (Å²) in [6, 6.07) is 17.1. The van der Waals surface area contributed by atoms with E-state index in [1.165, 1.54) is 0 Å². The molecular formula is C19H18N4O3. The van der Waals surface area contributed by atoms with Crippen LogP contribution in [0.3, 0.4) is 0 Å². The first kappa shape index (κ1) is 16.3. The molecule has 0 unspecified atom stereocenters. The minimum absolute atomic E-state index is 0.0945. The predicted molar refractivity (Wildman–Crippen MR) is 94.9 cm³/mol. The van der Waals surface area contributed by atoms with E-state index in [1.807, 2.05) is 30.3 Å². The van der Waals surface area contributed by atoms with Gasteiger partial charge < -0.3 is 14.8 Å². The maximum Gasteiger partial charge on any atom is 0.278 e. The molecule has 7 nitrogen and oxygen atoms in total. The normalized spacial score (nSPS) is 16.0. The molecule has 1 aliphatic rings. The van der Waals surface area contributed by atoms with E-state index in [0.29, 0.717) is 17.9 Å². The number of carbonyl (C=O) groups is 1. The second-order valence-electron chi connectivity index (χ2n) is 5.96. The quantitative estimate of drug-likeness (QED) is 0.783. The number of rotatable bonds is 4. The molecule has 1 atom stereocenters. The average Bonchev–Trinajstić information content (AvgIpc) is 3.12. The Kier molecular flexibility index (Phi) is 4.37. The molecule has 3 aromatic rings. The van der Waals surface area contributed by atoms with Crippen LogP contribution in [-0.2, 0) is 17.9 Å². The van der Waals surface area contributed by atoms with E-state index in [9.17, 15) is 4.79 Å². The first-order valence-corrected chi connectivity index (χ1v) is 8.29. The lowest BCUT2D eigenvalue weighted by atomic mass is 10.1. The summed E-state index contributed by atoms with van der Waals surface area (Å²) in [5, 5.41) is 11.0. The number of methoxy groups -OCH3 is 1. The van der Waals surface area contributed by atoms with Crippen LogP contribution in [0.1, 0.15) is 27.8 Å². The highest BCUT2D eigenvalue weighted by atomic mass is 16.5. The summed E-state index contributed by atoms with van der Waals surface area (Å²) in [6.07, 6.45) is -0.0945. The summed E-state index contributed by atoms with van der Waals surface area (Å²) in [5.74, 6) is 0.419. The van der Waals surface area contributed by atoms with Crippen molar-refractivity contribution in [1.29, 1.82) is 0 Å². The third-order valence-corrected chi connectivity index (χ3v) is 4.33. The summed E-state index contributed by atoms with van der Waals surface area (Å²) < 4.78 is 12.8. The number of aromatic nitrogens is 3. The van der Waals surface area contributed by atoms with Crippen LogP contribution >= 0.6 is 0 Å². The Morgan fingerprint density at radius 1 is 1.19 bits per heavy atom. The van der Waals surface area contributed by atoms with Gasteiger partial charge in [0.15, 0.2) is 5.69 Å². The number of anilines is 1. The van der Waals surface area contributed by atoms with Crippen LogP contribution < -0.4 is 10.1 Å². The van der Waals surface area contributed by atoms with Crippen LogP contribution in [-0.4, -0.2) is 28.0 Å². The van der Waals surface area contributed by atoms with Crippen LogP contribution in [0, 0.1) is 0 Å². The topological polar surface area (TPSA) is 78.3 Å². The standard InChI is InChI=1S/C19H18N4O3/c1-25-15-9-7-14(8-10-15)20-19(24)18-16-12-26-17(11-23(16)22-21-18)13-5-3-2-4-6-13/h2-10,17H,11-12H2,1H3,(H,20,24)/t17-/m0/s1. The van der Waals surface area contributed by atoms with Gasteiger partial charge in [0, 0.05) is 5.69 Å². The van der Waals surface area contributed by atoms with Crippen LogP contribution in [0.15, 0.2) is 54.6 Å². The fourth-order valence-electron chi connectivity index (χ4n) is 2.92. The summed E-state index contributed by atoms with van der Waals surface area (Å²) in [7, 11) is 1.60. The van der Waals surface area contributed by atoms with Gasteiger partial charge >= 0.3 is 0 Å². The molecule has 1 aliphatic heterocycles. The number of hydrogen-bond acceptors (Lipinski definition) is 5. The number of amides is 1. The average molecular weight is 350 g/mol. The SMILES string of the molecule is COc1ccc(NC(=O)c2nnn3c2CO[C@H](c2ccccc2)C3)cc1. The molecule has 0 bridgehead atoms. The van der Waals surface area contributed by atoms with E-state index < -0.39 is 0 Å². The Bertz CT molecular complexity index is 906. The molecule has 1 amide bonds. The van der Waals surface area contributed by atoms with E-state index >= 15 is 0 Å². The predicted octanol–water partition coefficient (Wildman–Crippen LogP) is 2.81. The molecular weight excluding hydrogens is 332 g/mol. The van der Waals surface area contributed by atoms with E-state index in [4.69, 9.17) is 9.47 Å². The molecule has 1 aromatic heterocycles. The van der Waals surface area contributed by atoms with E-state index in [-0.39, 0.29) is 24.3 Å². The van der Waals surface area contributed by atoms with E-state index in [2.05, 4.69) is 15.6 Å². The number of carbonyl (C=O) groups excluding carboxylic acids is 1. The lowest BCUT2D eigenvalue weighted by Crippen LogP contribution is -2.24. The first-order chi connectivity index (χ1) is 12.7. The maximum absolute atomic E-state index is 12.5. The Morgan fingerprint density at radius 2 is 1.96 bits per heavy atom. The second-order valence-corrected chi connectivity index (χ2v) is 5.96. The molecule has 132 valence electrons. The Morgan fingerprint density at radius 3 is 2.69 bits per heavy atom. The summed E-state index contributed by atoms with van der Waals surface area (Å²) in [6.45, 7) is 0.820. The third-order valence-electron chi connectivity index (χ3n) is 4.33. The van der Waals surface area contributed by atoms with Gasteiger partial charge in [-0.15, -0.1) is 5.10 Å². The van der Waals surface area contributed by atoms with Crippen molar-refractivity contribution in [3.63, 3.8) is 0 Å². The van der Waals surface area contributed by atoms with Gasteiger partial charge in [0.25, 0.3) is 5.91 Å². The Balaban J connectivity index is 1.49. The summed E-state index contributed by atoms with van der Waals surface area (Å²) in [5.41, 5.74) is 2.71. The zero-order valence-corrected chi connectivity index (χ0v) is 14.3. The van der Waals surface area contributed by atoms with Crippen molar-refractivity contribution in [2.24, 2.45) is 0 Å². The maximum atomic E-state index is 12.5. The minimum atomic E-state index is -0.307. The van der Waals surface area contributed by atoms with Crippen molar-refractivity contribution >= 4 is 11.6 Å². The lowest BCUT2D eigenvalue weighted by Gasteiger charge is -2.24. The molecule has 2 aromatic carbocycles. The van der Waals surface area contributed by atoms with Gasteiger partial charge in [-0.2, -0.15) is 0 Å². The summed E-state index contributed by atoms with van der Waals surface area (Å²) >= 11 is 0. The van der Waals surface area contributed by atoms with Gasteiger partial charge in [-0.05, 0) is 29.8 Å². The molecule has 0 saturated carbocycles. The van der Waals surface area contributed by atoms with Crippen LogP contribution in [0.4, 0.5) is 5.69 Å². The zero-order valence-electron chi connectivity index (χ0n) is 14.3. The molecule has 7 heteroatoms. The molecule has 0 saturated heterocycles. The van der Waals surface area contributed by atoms with Crippen LogP contribution in [0.25, 0.3) is 0 Å². The highest BCUT2D eigenvalue weighted by Gasteiger charge is 2.27. The molecule has 0 aliphatic carbocycles. The Labute approximate surface area is 150 Å². The zero-order chi connectivity index (χ0) is 17.9. The second kappa shape index (κ2) is 6.97. The van der Waals surface area contributed by atoms with Gasteiger partial charge in [-0.25, -0.2) is 4.68 Å². The molecule has 2 heterocycles. The number of benzene rings is 2. The molecule has 0 spiro atoms. The molecule has 4 rings (SSSR count). The monoisotopic (exact) mass is 350 g/mol. The van der Waals surface area contributed by atoms with E-state index in [0.717, 1.165) is 11.3 Å². The largest absolute Gasteiger partial charge is 0.497 e. The highest BCUT2D eigenvalue weighted by molar-refractivity contribution is 6.03. The number of ether oxygens (including phenoxy) is 2. The van der Waals surface area contributed by atoms with E-state index in [1.54, 1.807) is 36.1 Å². The number of nitrogens with one attached hydrogen (secondary N) is 1. The molecule has 0 fully saturated rings. The first-order valence-electron chi connectivity index (χ1n) is 8.29. The van der Waals surface area contributed by atoms with Gasteiger partial charge in [-0.3, -0.25) is 4.79 Å². The van der Waals surface area contributed by atoms with Crippen molar-refractivity contribution < 1.29 is 14.3 Å². The fraction of sp³-hybridized carbons (Fsp3) is 0.211. The van der Waals surface area contributed by atoms with Crippen LogP contribution in [0.2, 0.25) is 0 Å². The number of nitrogens with zero attached hydrogens (tertiary/aromatic N) is 3. The van der Waals surface area contributed by atoms with Crippen molar-refractivity contribution in [1.82, 2.24) is 15.0 Å². The van der Waals surface area contributed by atoms with Gasteiger partial charge in [0.05, 0.1) is 26.0 Å². The van der Waals surface area contributed by atoms with Crippen molar-refractivity contribution in [2.75, 3.05) is 12.4 Å². The molecule has 0 radical (unpaired) electrons. The van der Waals surface area contributed by atoms with Crippen molar-refractivity contribution in [3.8, 4) is 5.75 Å². The Hall–Kier alpha value is -3.19. The van der Waals surface area contributed by atoms with Gasteiger partial charge in [0.2, 0.25) is 0 Å². The smallest absolute Gasteiger partial charge is 0.278 e. The highest BCUT2D eigenvalue weighted by Crippen LogP contribution is 2.27. The fourth-order valence-corrected chi connectivity index (χ4v) is 2.92. The van der Waals surface area contributed by atoms with Crippen molar-refractivity contribution in [2.45, 2.75) is 19.3 Å². The third kappa shape index (κ3) is 3.16. The summed E-state index contributed by atoms with van der Waals surface area (Å²) in [4.78, 5) is 12.5. The van der Waals surface area contributed by atoms with Crippen LogP contribution in [0.5, 0.6) is 5.75 Å². The molecule has 1 N–H and O–H groups in total. The van der Waals surface area contributed by atoms with Gasteiger partial charge in [0.1, 0.15) is 11.9 Å². The van der Waals surface area contributed by atoms with Crippen molar-refractivity contribution in [3.05, 3.63) is 71.5 Å². The number of hydrogen-bond donors (Lipinski definition) is 1.